The Kier molecular flexibility index (Phi) is 3.80. The van der Waals surface area contributed by atoms with Crippen molar-refractivity contribution in [2.75, 3.05) is 0 Å². The topological polar surface area (TPSA) is 88.2 Å². The smallest absolute Gasteiger partial charge is 0.270 e. The largest absolute Gasteiger partial charge is 0.507 e. The van der Waals surface area contributed by atoms with Crippen LogP contribution in [0.5, 0.6) is 11.5 Å². The molecular weight excluding hydrogens is 378 g/mol. The lowest BCUT2D eigenvalue weighted by Crippen LogP contribution is -2.33. The number of phenolic OH excluding ortho intramolecular Hbond substituents is 1. The number of ether oxygens (including phenoxy) is 1. The van der Waals surface area contributed by atoms with Crippen molar-refractivity contribution >= 4 is 22.7 Å². The van der Waals surface area contributed by atoms with Gasteiger partial charge in [-0.3, -0.25) is 10.1 Å². The van der Waals surface area contributed by atoms with Crippen molar-refractivity contribution < 1.29 is 14.8 Å². The van der Waals surface area contributed by atoms with Gasteiger partial charge < -0.3 is 9.84 Å². The van der Waals surface area contributed by atoms with E-state index in [-0.39, 0.29) is 17.5 Å². The zero-order valence-electron chi connectivity index (χ0n) is 14.6. The predicted octanol–water partition coefficient (Wildman–Crippen LogP) is 4.60. The molecule has 7 nitrogen and oxygen atoms in total. The number of benzene rings is 2. The van der Waals surface area contributed by atoms with Crippen molar-refractivity contribution in [2.45, 2.75) is 18.7 Å². The van der Waals surface area contributed by atoms with Gasteiger partial charge in [-0.2, -0.15) is 5.10 Å². The highest BCUT2D eigenvalue weighted by molar-refractivity contribution is 7.12. The molecule has 2 aromatic carbocycles. The van der Waals surface area contributed by atoms with Gasteiger partial charge in [-0.05, 0) is 23.6 Å². The van der Waals surface area contributed by atoms with Crippen LogP contribution in [-0.2, 0) is 0 Å². The molecule has 28 heavy (non-hydrogen) atoms. The fraction of sp³-hybridized carbons (Fsp3) is 0.150. The molecule has 0 saturated carbocycles. The maximum atomic E-state index is 11.2. The first-order valence-electron chi connectivity index (χ1n) is 8.74. The van der Waals surface area contributed by atoms with E-state index in [2.05, 4.69) is 0 Å². The maximum Gasteiger partial charge on any atom is 0.270 e. The first-order valence-corrected chi connectivity index (χ1v) is 9.62. The summed E-state index contributed by atoms with van der Waals surface area (Å²) in [6, 6.07) is 15.6. The summed E-state index contributed by atoms with van der Waals surface area (Å²) in [4.78, 5) is 11.8. The number of fused-ring (bicyclic) bond motifs is 3. The van der Waals surface area contributed by atoms with Crippen LogP contribution in [0.15, 0.2) is 65.1 Å². The van der Waals surface area contributed by atoms with Gasteiger partial charge in [0, 0.05) is 24.1 Å². The molecule has 2 aliphatic heterocycles. The van der Waals surface area contributed by atoms with Gasteiger partial charge in [-0.25, -0.2) is 5.01 Å². The second kappa shape index (κ2) is 6.35. The van der Waals surface area contributed by atoms with Crippen LogP contribution >= 0.6 is 11.3 Å². The third kappa shape index (κ3) is 2.61. The average Bonchev–Trinajstić information content (AvgIpc) is 3.37. The van der Waals surface area contributed by atoms with Crippen LogP contribution in [0.2, 0.25) is 0 Å². The lowest BCUT2D eigenvalue weighted by atomic mass is 9.97. The molecule has 8 heteroatoms. The predicted molar refractivity (Wildman–Crippen MR) is 105 cm³/mol. The van der Waals surface area contributed by atoms with Gasteiger partial charge >= 0.3 is 0 Å². The molecule has 0 amide bonds. The van der Waals surface area contributed by atoms with Crippen LogP contribution in [0.25, 0.3) is 0 Å². The van der Waals surface area contributed by atoms with E-state index in [1.54, 1.807) is 16.3 Å². The number of hydrogen-bond acceptors (Lipinski definition) is 7. The zero-order valence-corrected chi connectivity index (χ0v) is 15.4. The van der Waals surface area contributed by atoms with E-state index in [1.807, 2.05) is 41.8 Å². The Morgan fingerprint density at radius 3 is 2.82 bits per heavy atom. The molecule has 5 rings (SSSR count). The van der Waals surface area contributed by atoms with Crippen molar-refractivity contribution in [3.8, 4) is 11.5 Å². The van der Waals surface area contributed by atoms with Gasteiger partial charge in [0.05, 0.1) is 27.1 Å². The molecule has 2 atom stereocenters. The van der Waals surface area contributed by atoms with Crippen LogP contribution in [0.1, 0.15) is 34.7 Å². The molecule has 1 aromatic heterocycles. The van der Waals surface area contributed by atoms with Crippen molar-refractivity contribution in [3.63, 3.8) is 0 Å². The highest BCUT2D eigenvalue weighted by atomic mass is 32.1. The van der Waals surface area contributed by atoms with Crippen molar-refractivity contribution in [1.82, 2.24) is 5.01 Å². The summed E-state index contributed by atoms with van der Waals surface area (Å²) < 4.78 is 6.15. The molecule has 0 aliphatic carbocycles. The number of hydrazone groups is 1. The van der Waals surface area contributed by atoms with Crippen LogP contribution in [0.4, 0.5) is 5.69 Å². The van der Waals surface area contributed by atoms with Gasteiger partial charge in [0.25, 0.3) is 5.69 Å². The Balaban J connectivity index is 1.64. The first-order chi connectivity index (χ1) is 13.6. The highest BCUT2D eigenvalue weighted by Gasteiger charge is 2.42. The summed E-state index contributed by atoms with van der Waals surface area (Å²) in [5.74, 6) is 0.635. The van der Waals surface area contributed by atoms with E-state index in [4.69, 9.17) is 9.84 Å². The normalized spacial score (nSPS) is 20.1. The maximum absolute atomic E-state index is 11.2. The molecular formula is C20H15N3O4S. The van der Waals surface area contributed by atoms with Crippen molar-refractivity contribution in [1.29, 1.82) is 0 Å². The average molecular weight is 393 g/mol. The number of thiophene rings is 1. The Morgan fingerprint density at radius 2 is 2.04 bits per heavy atom. The number of rotatable bonds is 3. The second-order valence-electron chi connectivity index (χ2n) is 6.63. The van der Waals surface area contributed by atoms with E-state index >= 15 is 0 Å². The molecule has 0 saturated heterocycles. The van der Waals surface area contributed by atoms with E-state index in [0.29, 0.717) is 17.7 Å². The molecule has 0 fully saturated rings. The summed E-state index contributed by atoms with van der Waals surface area (Å²) in [6.07, 6.45) is -0.0511. The molecule has 0 spiro atoms. The summed E-state index contributed by atoms with van der Waals surface area (Å²) in [6.45, 7) is 0. The molecule has 0 radical (unpaired) electrons. The summed E-state index contributed by atoms with van der Waals surface area (Å²) >= 11 is 1.62. The van der Waals surface area contributed by atoms with Crippen molar-refractivity contribution in [2.24, 2.45) is 5.10 Å². The second-order valence-corrected chi connectivity index (χ2v) is 7.58. The van der Waals surface area contributed by atoms with Gasteiger partial charge in [0.1, 0.15) is 11.5 Å². The molecule has 0 bridgehead atoms. The van der Waals surface area contributed by atoms with E-state index in [0.717, 1.165) is 16.2 Å². The Hall–Kier alpha value is -3.39. The number of non-ortho nitro benzene ring substituents is 1. The summed E-state index contributed by atoms with van der Waals surface area (Å²) in [5.41, 5.74) is 2.17. The SMILES string of the molecule is O=[N+]([O-])c1ccc(O)c([C@H]2Oc3ccccc3[C@H]3CC(c4cccs4)=NN32)c1. The minimum Gasteiger partial charge on any atom is -0.507 e. The van der Waals surface area contributed by atoms with Crippen LogP contribution in [-0.4, -0.2) is 20.8 Å². The Morgan fingerprint density at radius 1 is 1.18 bits per heavy atom. The lowest BCUT2D eigenvalue weighted by Gasteiger charge is -2.38. The zero-order chi connectivity index (χ0) is 19.3. The van der Waals surface area contributed by atoms with E-state index < -0.39 is 11.2 Å². The number of phenols is 1. The van der Waals surface area contributed by atoms with Crippen molar-refractivity contribution in [3.05, 3.63) is 86.1 Å². The van der Waals surface area contributed by atoms with Crippen LogP contribution < -0.4 is 4.74 Å². The van der Waals surface area contributed by atoms with E-state index in [1.165, 1.54) is 18.2 Å². The lowest BCUT2D eigenvalue weighted by molar-refractivity contribution is -0.385. The van der Waals surface area contributed by atoms with Gasteiger partial charge in [-0.1, -0.05) is 24.3 Å². The molecule has 0 unspecified atom stereocenters. The quantitative estimate of drug-likeness (QED) is 0.519. The molecule has 1 N–H and O–H groups in total. The Labute approximate surface area is 164 Å². The van der Waals surface area contributed by atoms with Gasteiger partial charge in [0.2, 0.25) is 6.23 Å². The fourth-order valence-corrected chi connectivity index (χ4v) is 4.41. The Bertz CT molecular complexity index is 1100. The van der Waals surface area contributed by atoms with Crippen LogP contribution in [0.3, 0.4) is 0 Å². The first kappa shape index (κ1) is 16.8. The summed E-state index contributed by atoms with van der Waals surface area (Å²) in [5, 5.41) is 30.2. The van der Waals surface area contributed by atoms with Crippen LogP contribution in [0, 0.1) is 10.1 Å². The number of nitro groups is 1. The highest BCUT2D eigenvalue weighted by Crippen LogP contribution is 2.49. The number of hydrogen-bond donors (Lipinski definition) is 1. The van der Waals surface area contributed by atoms with Gasteiger partial charge in [0.15, 0.2) is 0 Å². The fourth-order valence-electron chi connectivity index (χ4n) is 3.68. The number of para-hydroxylation sites is 1. The minimum absolute atomic E-state index is 0.0616. The summed E-state index contributed by atoms with van der Waals surface area (Å²) in [7, 11) is 0. The molecule has 140 valence electrons. The molecule has 3 aromatic rings. The molecule has 2 aliphatic rings. The third-order valence-corrected chi connectivity index (χ3v) is 5.91. The third-order valence-electron chi connectivity index (χ3n) is 4.99. The monoisotopic (exact) mass is 393 g/mol. The minimum atomic E-state index is -0.753. The van der Waals surface area contributed by atoms with Gasteiger partial charge in [-0.15, -0.1) is 11.3 Å². The standard InChI is InChI=1S/C20H15N3O4S/c24-17-8-7-12(23(25)26)10-14(17)20-22-16(13-4-1-2-5-18(13)27-20)11-15(21-22)19-6-3-9-28-19/h1-10,16,20,24H,11H2/t16-,20-/m1/s1. The van der Waals surface area contributed by atoms with E-state index in [9.17, 15) is 15.2 Å². The number of nitro benzene ring substituents is 1. The molecule has 3 heterocycles. The number of aromatic hydroxyl groups is 1. The number of nitrogens with zero attached hydrogens (tertiary/aromatic N) is 3.